The van der Waals surface area contributed by atoms with Gasteiger partial charge in [-0.15, -0.1) is 0 Å². The number of nitrogens with zero attached hydrogens (tertiary/aromatic N) is 1. The zero-order chi connectivity index (χ0) is 25.0. The van der Waals surface area contributed by atoms with Gasteiger partial charge in [0, 0.05) is 30.8 Å². The molecule has 0 bridgehead atoms. The molecule has 0 spiro atoms. The first-order valence-corrected chi connectivity index (χ1v) is 12.5. The van der Waals surface area contributed by atoms with Crippen LogP contribution in [0.25, 0.3) is 0 Å². The summed E-state index contributed by atoms with van der Waals surface area (Å²) in [4.78, 5) is 2.13. The molecule has 6 heteroatoms. The van der Waals surface area contributed by atoms with Gasteiger partial charge in [0.25, 0.3) is 0 Å². The van der Waals surface area contributed by atoms with Crippen molar-refractivity contribution in [3.63, 3.8) is 0 Å². The highest BCUT2D eigenvalue weighted by atomic mass is 35.5. The van der Waals surface area contributed by atoms with E-state index in [9.17, 15) is 10.2 Å². The topological polar surface area (TPSA) is 62.2 Å². The highest BCUT2D eigenvalue weighted by molar-refractivity contribution is 6.30. The summed E-state index contributed by atoms with van der Waals surface area (Å²) in [6, 6.07) is 25.0. The van der Waals surface area contributed by atoms with Gasteiger partial charge in [-0.05, 0) is 61.2 Å². The van der Waals surface area contributed by atoms with Gasteiger partial charge in [-0.1, -0.05) is 66.2 Å². The molecule has 3 aromatic carbocycles. The Morgan fingerprint density at radius 1 is 0.829 bits per heavy atom. The fraction of sp³-hybridized carbons (Fsp3) is 0.379. The van der Waals surface area contributed by atoms with E-state index in [0.717, 1.165) is 28.9 Å². The Balaban J connectivity index is 1.68. The highest BCUT2D eigenvalue weighted by Crippen LogP contribution is 2.23. The maximum atomic E-state index is 11.0. The van der Waals surface area contributed by atoms with Crippen molar-refractivity contribution in [3.8, 4) is 5.75 Å². The Bertz CT molecular complexity index is 999. The predicted molar refractivity (Wildman–Crippen MR) is 141 cm³/mol. The van der Waals surface area contributed by atoms with Crippen LogP contribution in [-0.4, -0.2) is 54.1 Å². The maximum absolute atomic E-state index is 11.0. The van der Waals surface area contributed by atoms with Crippen LogP contribution in [0.4, 0.5) is 0 Å². The number of halogens is 1. The van der Waals surface area contributed by atoms with Crippen LogP contribution in [0.3, 0.4) is 0 Å². The number of rotatable bonds is 14. The SMILES string of the molecule is CCOCCOc1ccc(C[C@@H](C)N(CC(O)c2ccccc2)C[C@H](O)c2cccc(Cl)c2)cc1. The standard InChI is InChI=1S/C29H36ClNO4/c1-3-34-16-17-35-27-14-12-23(13-15-27)18-22(2)31(20-28(32)24-8-5-4-6-9-24)21-29(33)25-10-7-11-26(30)19-25/h4-15,19,22,28-29,32-33H,3,16-18,20-21H2,1-2H3/t22-,28?,29+/m1/s1. The number of benzene rings is 3. The highest BCUT2D eigenvalue weighted by Gasteiger charge is 2.23. The van der Waals surface area contributed by atoms with Gasteiger partial charge in [0.1, 0.15) is 12.4 Å². The Labute approximate surface area is 213 Å². The normalized spacial score (nSPS) is 14.0. The molecule has 3 aromatic rings. The van der Waals surface area contributed by atoms with E-state index in [4.69, 9.17) is 21.1 Å². The maximum Gasteiger partial charge on any atom is 0.119 e. The van der Waals surface area contributed by atoms with E-state index in [-0.39, 0.29) is 6.04 Å². The van der Waals surface area contributed by atoms with Crippen molar-refractivity contribution in [3.05, 3.63) is 101 Å². The Kier molecular flexibility index (Phi) is 11.0. The van der Waals surface area contributed by atoms with Gasteiger partial charge in [0.15, 0.2) is 0 Å². The van der Waals surface area contributed by atoms with E-state index in [1.54, 1.807) is 12.1 Å². The van der Waals surface area contributed by atoms with E-state index < -0.39 is 12.2 Å². The number of hydrogen-bond acceptors (Lipinski definition) is 5. The van der Waals surface area contributed by atoms with Crippen molar-refractivity contribution in [2.75, 3.05) is 32.9 Å². The first-order valence-electron chi connectivity index (χ1n) is 12.2. The molecular formula is C29H36ClNO4. The number of aliphatic hydroxyl groups excluding tert-OH is 2. The first-order chi connectivity index (χ1) is 17.0. The van der Waals surface area contributed by atoms with Crippen LogP contribution in [0.15, 0.2) is 78.9 Å². The lowest BCUT2D eigenvalue weighted by Gasteiger charge is -2.33. The minimum absolute atomic E-state index is 0.0759. The third kappa shape index (κ3) is 8.95. The van der Waals surface area contributed by atoms with Crippen LogP contribution in [0.2, 0.25) is 5.02 Å². The van der Waals surface area contributed by atoms with Gasteiger partial charge in [-0.2, -0.15) is 0 Å². The van der Waals surface area contributed by atoms with E-state index in [2.05, 4.69) is 24.0 Å². The predicted octanol–water partition coefficient (Wildman–Crippen LogP) is 5.46. The second kappa shape index (κ2) is 14.2. The van der Waals surface area contributed by atoms with Crippen LogP contribution in [-0.2, 0) is 11.2 Å². The molecule has 0 aliphatic heterocycles. The molecule has 35 heavy (non-hydrogen) atoms. The van der Waals surface area contributed by atoms with Crippen LogP contribution < -0.4 is 4.74 Å². The van der Waals surface area contributed by atoms with Crippen molar-refractivity contribution in [1.82, 2.24) is 4.90 Å². The molecule has 5 nitrogen and oxygen atoms in total. The van der Waals surface area contributed by atoms with E-state index in [1.165, 1.54) is 0 Å². The lowest BCUT2D eigenvalue weighted by Crippen LogP contribution is -2.40. The lowest BCUT2D eigenvalue weighted by atomic mass is 10.0. The summed E-state index contributed by atoms with van der Waals surface area (Å²) in [5.41, 5.74) is 2.78. The van der Waals surface area contributed by atoms with Gasteiger partial charge in [-0.25, -0.2) is 0 Å². The summed E-state index contributed by atoms with van der Waals surface area (Å²) in [6.45, 7) is 6.65. The minimum Gasteiger partial charge on any atom is -0.491 e. The quantitative estimate of drug-likeness (QED) is 0.290. The average Bonchev–Trinajstić information content (AvgIpc) is 2.87. The number of hydrogen-bond donors (Lipinski definition) is 2. The van der Waals surface area contributed by atoms with E-state index in [0.29, 0.717) is 37.9 Å². The molecule has 0 radical (unpaired) electrons. The second-order valence-corrected chi connectivity index (χ2v) is 9.13. The van der Waals surface area contributed by atoms with E-state index >= 15 is 0 Å². The molecular weight excluding hydrogens is 462 g/mol. The van der Waals surface area contributed by atoms with Gasteiger partial charge in [0.2, 0.25) is 0 Å². The zero-order valence-corrected chi connectivity index (χ0v) is 21.3. The Morgan fingerprint density at radius 3 is 2.14 bits per heavy atom. The Hall–Kier alpha value is -2.41. The third-order valence-corrected chi connectivity index (χ3v) is 6.25. The van der Waals surface area contributed by atoms with Crippen LogP contribution in [0.5, 0.6) is 5.75 Å². The minimum atomic E-state index is -0.722. The molecule has 1 unspecified atom stereocenters. The summed E-state index contributed by atoms with van der Waals surface area (Å²) >= 11 is 6.14. The van der Waals surface area contributed by atoms with Crippen LogP contribution in [0.1, 0.15) is 42.7 Å². The summed E-state index contributed by atoms with van der Waals surface area (Å²) in [5.74, 6) is 0.814. The molecule has 0 fully saturated rings. The third-order valence-electron chi connectivity index (χ3n) is 6.01. The van der Waals surface area contributed by atoms with Crippen molar-refractivity contribution < 1.29 is 19.7 Å². The first kappa shape index (κ1) is 27.2. The molecule has 0 aliphatic carbocycles. The zero-order valence-electron chi connectivity index (χ0n) is 20.5. The molecule has 0 saturated carbocycles. The molecule has 188 valence electrons. The monoisotopic (exact) mass is 497 g/mol. The van der Waals surface area contributed by atoms with Crippen molar-refractivity contribution >= 4 is 11.6 Å². The van der Waals surface area contributed by atoms with Crippen LogP contribution >= 0.6 is 11.6 Å². The van der Waals surface area contributed by atoms with Crippen LogP contribution in [0, 0.1) is 0 Å². The van der Waals surface area contributed by atoms with E-state index in [1.807, 2.05) is 61.5 Å². The molecule has 0 aliphatic rings. The van der Waals surface area contributed by atoms with Gasteiger partial charge < -0.3 is 19.7 Å². The van der Waals surface area contributed by atoms with Crippen molar-refractivity contribution in [2.24, 2.45) is 0 Å². The molecule has 0 saturated heterocycles. The lowest BCUT2D eigenvalue weighted by molar-refractivity contribution is 0.0480. The molecule has 0 aromatic heterocycles. The van der Waals surface area contributed by atoms with Crippen molar-refractivity contribution in [1.29, 1.82) is 0 Å². The fourth-order valence-electron chi connectivity index (χ4n) is 4.03. The number of ether oxygens (including phenoxy) is 2. The fourth-order valence-corrected chi connectivity index (χ4v) is 4.23. The molecule has 3 rings (SSSR count). The largest absolute Gasteiger partial charge is 0.491 e. The van der Waals surface area contributed by atoms with Gasteiger partial charge in [0.05, 0.1) is 18.8 Å². The summed E-state index contributed by atoms with van der Waals surface area (Å²) in [7, 11) is 0. The average molecular weight is 498 g/mol. The summed E-state index contributed by atoms with van der Waals surface area (Å²) in [6.07, 6.45) is -0.616. The smallest absolute Gasteiger partial charge is 0.119 e. The molecule has 0 heterocycles. The molecule has 2 N–H and O–H groups in total. The summed E-state index contributed by atoms with van der Waals surface area (Å²) < 4.78 is 11.0. The van der Waals surface area contributed by atoms with Gasteiger partial charge >= 0.3 is 0 Å². The molecule has 0 amide bonds. The second-order valence-electron chi connectivity index (χ2n) is 8.69. The molecule has 3 atom stereocenters. The van der Waals surface area contributed by atoms with Gasteiger partial charge in [-0.3, -0.25) is 4.90 Å². The summed E-state index contributed by atoms with van der Waals surface area (Å²) in [5, 5.41) is 22.5. The van der Waals surface area contributed by atoms with Crippen molar-refractivity contribution in [2.45, 2.75) is 38.5 Å². The Morgan fingerprint density at radius 2 is 1.49 bits per heavy atom. The number of aliphatic hydroxyl groups is 2.